The van der Waals surface area contributed by atoms with Crippen molar-refractivity contribution in [3.05, 3.63) is 59.1 Å². The molecule has 0 spiro atoms. The summed E-state index contributed by atoms with van der Waals surface area (Å²) < 4.78 is 10.6. The van der Waals surface area contributed by atoms with E-state index in [0.717, 1.165) is 22.9 Å². The molecule has 0 N–H and O–H groups in total. The topological polar surface area (TPSA) is 65.2 Å². The minimum atomic E-state index is -0.480. The Balaban J connectivity index is 1.62. The molecule has 0 aliphatic heterocycles. The summed E-state index contributed by atoms with van der Waals surface area (Å²) in [5.41, 5.74) is 1.50. The van der Waals surface area contributed by atoms with Crippen LogP contribution in [0.4, 0.5) is 0 Å². The normalized spacial score (nSPS) is 10.6. The Labute approximate surface area is 131 Å². The molecule has 0 amide bonds. The quantitative estimate of drug-likeness (QED) is 0.672. The van der Waals surface area contributed by atoms with Crippen LogP contribution in [0.3, 0.4) is 0 Å². The van der Waals surface area contributed by atoms with E-state index in [0.29, 0.717) is 5.69 Å². The van der Waals surface area contributed by atoms with Gasteiger partial charge >= 0.3 is 5.97 Å². The number of aryl methyl sites for hydroxylation is 1. The molecule has 3 rings (SSSR count). The van der Waals surface area contributed by atoms with Crippen LogP contribution in [0, 0.1) is 0 Å². The van der Waals surface area contributed by atoms with E-state index in [1.807, 2.05) is 30.5 Å². The summed E-state index contributed by atoms with van der Waals surface area (Å²) in [7, 11) is 0. The number of carbonyl (C=O) groups excluding carboxylic acids is 1. The fourth-order valence-electron chi connectivity index (χ4n) is 1.87. The van der Waals surface area contributed by atoms with Gasteiger partial charge in [-0.15, -0.1) is 11.3 Å². The zero-order valence-corrected chi connectivity index (χ0v) is 12.8. The maximum absolute atomic E-state index is 11.9. The molecule has 5 nitrogen and oxygen atoms in total. The second kappa shape index (κ2) is 6.53. The second-order valence-corrected chi connectivity index (χ2v) is 5.41. The molecule has 0 bridgehead atoms. The number of rotatable bonds is 5. The highest BCUT2D eigenvalue weighted by Gasteiger charge is 2.13. The SMILES string of the molecule is CCc1ccc(C(=O)OCc2csc(-c3ccccn3)n2)o1. The van der Waals surface area contributed by atoms with Gasteiger partial charge in [-0.2, -0.15) is 0 Å². The molecular formula is C16H14N2O3S. The van der Waals surface area contributed by atoms with Gasteiger partial charge in [-0.3, -0.25) is 4.98 Å². The number of hydrogen-bond donors (Lipinski definition) is 0. The maximum Gasteiger partial charge on any atom is 0.374 e. The maximum atomic E-state index is 11.9. The number of pyridine rings is 1. The van der Waals surface area contributed by atoms with E-state index in [1.165, 1.54) is 11.3 Å². The molecule has 3 aromatic heterocycles. The molecule has 0 aromatic carbocycles. The van der Waals surface area contributed by atoms with Crippen molar-refractivity contribution >= 4 is 17.3 Å². The van der Waals surface area contributed by atoms with E-state index in [4.69, 9.17) is 9.15 Å². The Kier molecular flexibility index (Phi) is 4.29. The average molecular weight is 314 g/mol. The van der Waals surface area contributed by atoms with Crippen LogP contribution in [0.25, 0.3) is 10.7 Å². The first-order valence-electron chi connectivity index (χ1n) is 6.88. The first-order chi connectivity index (χ1) is 10.8. The zero-order chi connectivity index (χ0) is 15.4. The third-order valence-corrected chi connectivity index (χ3v) is 3.91. The fourth-order valence-corrected chi connectivity index (χ4v) is 2.65. The lowest BCUT2D eigenvalue weighted by Crippen LogP contribution is -2.04. The molecule has 0 saturated heterocycles. The van der Waals surface area contributed by atoms with E-state index in [-0.39, 0.29) is 12.4 Å². The highest BCUT2D eigenvalue weighted by molar-refractivity contribution is 7.13. The summed E-state index contributed by atoms with van der Waals surface area (Å²) in [6.45, 7) is 2.08. The lowest BCUT2D eigenvalue weighted by molar-refractivity contribution is 0.0430. The number of carbonyl (C=O) groups is 1. The lowest BCUT2D eigenvalue weighted by Gasteiger charge is -2.00. The van der Waals surface area contributed by atoms with Crippen molar-refractivity contribution < 1.29 is 13.9 Å². The Hall–Kier alpha value is -2.47. The predicted molar refractivity (Wildman–Crippen MR) is 82.6 cm³/mol. The molecule has 0 fully saturated rings. The summed E-state index contributed by atoms with van der Waals surface area (Å²) in [6.07, 6.45) is 2.46. The van der Waals surface area contributed by atoms with Crippen molar-refractivity contribution in [2.45, 2.75) is 20.0 Å². The number of esters is 1. The van der Waals surface area contributed by atoms with Gasteiger partial charge in [0.15, 0.2) is 0 Å². The van der Waals surface area contributed by atoms with Crippen LogP contribution in [0.5, 0.6) is 0 Å². The molecule has 0 unspecified atom stereocenters. The van der Waals surface area contributed by atoms with E-state index in [9.17, 15) is 4.79 Å². The Morgan fingerprint density at radius 3 is 2.95 bits per heavy atom. The van der Waals surface area contributed by atoms with Crippen LogP contribution in [-0.4, -0.2) is 15.9 Å². The number of ether oxygens (including phenoxy) is 1. The third-order valence-electron chi connectivity index (χ3n) is 3.00. The number of nitrogens with zero attached hydrogens (tertiary/aromatic N) is 2. The first-order valence-corrected chi connectivity index (χ1v) is 7.76. The van der Waals surface area contributed by atoms with Crippen molar-refractivity contribution in [2.75, 3.05) is 0 Å². The van der Waals surface area contributed by atoms with Gasteiger partial charge in [-0.05, 0) is 24.3 Å². The van der Waals surface area contributed by atoms with Crippen LogP contribution in [0.15, 0.2) is 46.3 Å². The number of hydrogen-bond acceptors (Lipinski definition) is 6. The fraction of sp³-hybridized carbons (Fsp3) is 0.188. The summed E-state index contributed by atoms with van der Waals surface area (Å²) in [5, 5.41) is 2.66. The molecule has 0 radical (unpaired) electrons. The minimum absolute atomic E-state index is 0.115. The number of furan rings is 1. The zero-order valence-electron chi connectivity index (χ0n) is 12.0. The smallest absolute Gasteiger partial charge is 0.374 e. The molecule has 0 atom stereocenters. The van der Waals surface area contributed by atoms with Crippen LogP contribution >= 0.6 is 11.3 Å². The van der Waals surface area contributed by atoms with Crippen LogP contribution in [0.2, 0.25) is 0 Å². The minimum Gasteiger partial charge on any atom is -0.454 e. The van der Waals surface area contributed by atoms with Gasteiger partial charge in [-0.1, -0.05) is 13.0 Å². The van der Waals surface area contributed by atoms with E-state index in [1.54, 1.807) is 18.3 Å². The molecule has 22 heavy (non-hydrogen) atoms. The van der Waals surface area contributed by atoms with Crippen molar-refractivity contribution in [1.29, 1.82) is 0 Å². The Morgan fingerprint density at radius 1 is 1.32 bits per heavy atom. The Bertz CT molecular complexity index is 765. The number of thiazole rings is 1. The van der Waals surface area contributed by atoms with Crippen LogP contribution in [-0.2, 0) is 17.8 Å². The summed E-state index contributed by atoms with van der Waals surface area (Å²) >= 11 is 1.47. The lowest BCUT2D eigenvalue weighted by atomic mass is 10.3. The second-order valence-electron chi connectivity index (χ2n) is 4.55. The van der Waals surface area contributed by atoms with Gasteiger partial charge < -0.3 is 9.15 Å². The monoisotopic (exact) mass is 314 g/mol. The third kappa shape index (κ3) is 3.23. The summed E-state index contributed by atoms with van der Waals surface area (Å²) in [6, 6.07) is 9.06. The average Bonchev–Trinajstić information content (AvgIpc) is 3.22. The molecule has 0 saturated carbocycles. The van der Waals surface area contributed by atoms with Gasteiger partial charge in [0.25, 0.3) is 0 Å². The molecular weight excluding hydrogens is 300 g/mol. The Morgan fingerprint density at radius 2 is 2.23 bits per heavy atom. The molecule has 3 aromatic rings. The van der Waals surface area contributed by atoms with Gasteiger partial charge in [0.1, 0.15) is 17.4 Å². The van der Waals surface area contributed by atoms with Crippen molar-refractivity contribution in [3.8, 4) is 10.7 Å². The predicted octanol–water partition coefficient (Wildman–Crippen LogP) is 3.72. The van der Waals surface area contributed by atoms with Crippen LogP contribution in [0.1, 0.15) is 28.9 Å². The highest BCUT2D eigenvalue weighted by Crippen LogP contribution is 2.22. The molecule has 3 heterocycles. The van der Waals surface area contributed by atoms with Gasteiger partial charge in [0.05, 0.1) is 11.4 Å². The largest absolute Gasteiger partial charge is 0.454 e. The molecule has 0 aliphatic carbocycles. The van der Waals surface area contributed by atoms with Crippen LogP contribution < -0.4 is 0 Å². The standard InChI is InChI=1S/C16H14N2O3S/c1-2-12-6-7-14(21-12)16(19)20-9-11-10-22-15(18-11)13-5-3-4-8-17-13/h3-8,10H,2,9H2,1H3. The molecule has 6 heteroatoms. The van der Waals surface area contributed by atoms with E-state index >= 15 is 0 Å². The van der Waals surface area contributed by atoms with Crippen molar-refractivity contribution in [3.63, 3.8) is 0 Å². The highest BCUT2D eigenvalue weighted by atomic mass is 32.1. The first kappa shape index (κ1) is 14.5. The summed E-state index contributed by atoms with van der Waals surface area (Å²) in [5.74, 6) is 0.502. The molecule has 0 aliphatic rings. The van der Waals surface area contributed by atoms with Gasteiger partial charge in [0, 0.05) is 18.0 Å². The summed E-state index contributed by atoms with van der Waals surface area (Å²) in [4.78, 5) is 20.5. The van der Waals surface area contributed by atoms with E-state index < -0.39 is 5.97 Å². The van der Waals surface area contributed by atoms with Crippen molar-refractivity contribution in [2.24, 2.45) is 0 Å². The van der Waals surface area contributed by atoms with Gasteiger partial charge in [-0.25, -0.2) is 9.78 Å². The van der Waals surface area contributed by atoms with Gasteiger partial charge in [0.2, 0.25) is 5.76 Å². The molecule has 112 valence electrons. The number of aromatic nitrogens is 2. The van der Waals surface area contributed by atoms with E-state index in [2.05, 4.69) is 9.97 Å². The van der Waals surface area contributed by atoms with Crippen molar-refractivity contribution in [1.82, 2.24) is 9.97 Å².